The zero-order valence-corrected chi connectivity index (χ0v) is 13.6. The van der Waals surface area contributed by atoms with Crippen LogP contribution in [0, 0.1) is 28.6 Å². The molecule has 0 aliphatic carbocycles. The molecule has 2 aromatic rings. The molecular formula is C17H9Cl2N3O2. The smallest absolute Gasteiger partial charge is 0.249 e. The zero-order chi connectivity index (χ0) is 17.7. The maximum Gasteiger partial charge on any atom is 0.249 e. The maximum absolute atomic E-state index is 12.3. The first-order valence-electron chi connectivity index (χ1n) is 6.66. The summed E-state index contributed by atoms with van der Waals surface area (Å²) in [6.45, 7) is 0. The van der Waals surface area contributed by atoms with Gasteiger partial charge in [0, 0.05) is 16.3 Å². The number of Topliss-reactive ketones (excluding diaryl/α,β-unsaturated/α-hetero) is 1. The van der Waals surface area contributed by atoms with Crippen molar-refractivity contribution in [3.05, 3.63) is 63.6 Å². The van der Waals surface area contributed by atoms with Gasteiger partial charge < -0.3 is 5.32 Å². The molecule has 0 spiro atoms. The van der Waals surface area contributed by atoms with Crippen molar-refractivity contribution in [1.29, 1.82) is 10.5 Å². The maximum atomic E-state index is 12.3. The van der Waals surface area contributed by atoms with Gasteiger partial charge in [0.15, 0.2) is 11.7 Å². The Kier molecular flexibility index (Phi) is 5.55. The summed E-state index contributed by atoms with van der Waals surface area (Å²) in [5.74, 6) is -2.93. The molecule has 0 fully saturated rings. The third kappa shape index (κ3) is 3.91. The van der Waals surface area contributed by atoms with Crippen molar-refractivity contribution in [3.8, 4) is 12.1 Å². The number of ketones is 1. The highest BCUT2D eigenvalue weighted by Gasteiger charge is 2.27. The molecule has 0 saturated carbocycles. The minimum atomic E-state index is -1.51. The molecule has 7 heteroatoms. The molecule has 0 radical (unpaired) electrons. The Hall–Kier alpha value is -2.86. The third-order valence-corrected chi connectivity index (χ3v) is 3.70. The van der Waals surface area contributed by atoms with Crippen LogP contribution in [-0.2, 0) is 4.79 Å². The lowest BCUT2D eigenvalue weighted by atomic mass is 9.98. The van der Waals surface area contributed by atoms with E-state index in [-0.39, 0.29) is 21.8 Å². The van der Waals surface area contributed by atoms with Crippen LogP contribution in [0.2, 0.25) is 10.0 Å². The molecule has 0 heterocycles. The highest BCUT2D eigenvalue weighted by Crippen LogP contribution is 2.21. The normalized spacial score (nSPS) is 11.0. The van der Waals surface area contributed by atoms with E-state index in [1.54, 1.807) is 6.07 Å². The molecule has 1 atom stereocenters. The first kappa shape index (κ1) is 17.5. The second-order valence-corrected chi connectivity index (χ2v) is 5.57. The molecule has 2 aromatic carbocycles. The van der Waals surface area contributed by atoms with E-state index >= 15 is 0 Å². The molecule has 0 saturated heterocycles. The molecule has 0 aliphatic heterocycles. The van der Waals surface area contributed by atoms with Crippen molar-refractivity contribution < 1.29 is 9.59 Å². The summed E-state index contributed by atoms with van der Waals surface area (Å²) in [6.07, 6.45) is 0. The number of nitriles is 2. The minimum absolute atomic E-state index is 0.160. The molecule has 1 amide bonds. The van der Waals surface area contributed by atoms with Gasteiger partial charge in [-0.3, -0.25) is 9.59 Å². The number of nitrogens with one attached hydrogen (secondary N) is 1. The van der Waals surface area contributed by atoms with Crippen LogP contribution in [0.4, 0.5) is 5.69 Å². The van der Waals surface area contributed by atoms with Crippen LogP contribution in [-0.4, -0.2) is 11.7 Å². The van der Waals surface area contributed by atoms with Crippen LogP contribution in [0.1, 0.15) is 15.9 Å². The lowest BCUT2D eigenvalue weighted by Crippen LogP contribution is -2.28. The number of halogens is 2. The predicted molar refractivity (Wildman–Crippen MR) is 89.7 cm³/mol. The van der Waals surface area contributed by atoms with Gasteiger partial charge in [-0.2, -0.15) is 10.5 Å². The van der Waals surface area contributed by atoms with Crippen LogP contribution in [0.15, 0.2) is 42.5 Å². The van der Waals surface area contributed by atoms with E-state index in [0.717, 1.165) is 0 Å². The number of rotatable bonds is 4. The highest BCUT2D eigenvalue weighted by molar-refractivity contribution is 6.32. The summed E-state index contributed by atoms with van der Waals surface area (Å²) in [4.78, 5) is 24.5. The van der Waals surface area contributed by atoms with Crippen LogP contribution >= 0.6 is 23.2 Å². The Morgan fingerprint density at radius 2 is 1.71 bits per heavy atom. The van der Waals surface area contributed by atoms with Crippen molar-refractivity contribution in [3.63, 3.8) is 0 Å². The molecule has 0 bridgehead atoms. The molecule has 1 unspecified atom stereocenters. The van der Waals surface area contributed by atoms with Crippen LogP contribution in [0.3, 0.4) is 0 Å². The lowest BCUT2D eigenvalue weighted by Gasteiger charge is -2.10. The molecule has 2 rings (SSSR count). The fourth-order valence-electron chi connectivity index (χ4n) is 1.92. The molecule has 0 aliphatic rings. The number of hydrogen-bond donors (Lipinski definition) is 1. The minimum Gasteiger partial charge on any atom is -0.324 e. The quantitative estimate of drug-likeness (QED) is 0.664. The van der Waals surface area contributed by atoms with Gasteiger partial charge in [0.05, 0.1) is 16.7 Å². The van der Waals surface area contributed by atoms with Crippen molar-refractivity contribution in [1.82, 2.24) is 0 Å². The Bertz CT molecular complexity index is 880. The highest BCUT2D eigenvalue weighted by atomic mass is 35.5. The van der Waals surface area contributed by atoms with Gasteiger partial charge in [0.25, 0.3) is 0 Å². The Labute approximate surface area is 148 Å². The Balaban J connectivity index is 2.19. The molecular weight excluding hydrogens is 349 g/mol. The van der Waals surface area contributed by atoms with E-state index in [1.807, 2.05) is 6.07 Å². The van der Waals surface area contributed by atoms with Gasteiger partial charge in [0.2, 0.25) is 5.91 Å². The molecule has 1 N–H and O–H groups in total. The van der Waals surface area contributed by atoms with Gasteiger partial charge in [0.1, 0.15) is 6.07 Å². The van der Waals surface area contributed by atoms with Gasteiger partial charge >= 0.3 is 0 Å². The van der Waals surface area contributed by atoms with Crippen molar-refractivity contribution >= 4 is 40.6 Å². The summed E-state index contributed by atoms with van der Waals surface area (Å²) >= 11 is 11.6. The van der Waals surface area contributed by atoms with E-state index in [9.17, 15) is 14.9 Å². The molecule has 0 aromatic heterocycles. The number of hydrogen-bond acceptors (Lipinski definition) is 4. The van der Waals surface area contributed by atoms with E-state index in [2.05, 4.69) is 5.32 Å². The number of anilines is 1. The number of nitrogens with zero attached hydrogens (tertiary/aromatic N) is 2. The largest absolute Gasteiger partial charge is 0.324 e. The molecule has 24 heavy (non-hydrogen) atoms. The SMILES string of the molecule is N#Cc1ccc(NC(=O)C(C#N)C(=O)c2ccc(Cl)cc2)cc1Cl. The monoisotopic (exact) mass is 357 g/mol. The Morgan fingerprint density at radius 1 is 1.04 bits per heavy atom. The first-order chi connectivity index (χ1) is 11.5. The number of carbonyl (C=O) groups is 2. The van der Waals surface area contributed by atoms with Crippen molar-refractivity contribution in [2.75, 3.05) is 5.32 Å². The Morgan fingerprint density at radius 3 is 2.25 bits per heavy atom. The first-order valence-corrected chi connectivity index (χ1v) is 7.41. The summed E-state index contributed by atoms with van der Waals surface area (Å²) in [5, 5.41) is 21.0. The van der Waals surface area contributed by atoms with Crippen LogP contribution in [0.5, 0.6) is 0 Å². The van der Waals surface area contributed by atoms with Crippen LogP contribution < -0.4 is 5.32 Å². The summed E-state index contributed by atoms with van der Waals surface area (Å²) < 4.78 is 0. The van der Waals surface area contributed by atoms with E-state index in [4.69, 9.17) is 28.5 Å². The summed E-state index contributed by atoms with van der Waals surface area (Å²) in [6, 6.07) is 13.7. The van der Waals surface area contributed by atoms with Gasteiger partial charge in [-0.1, -0.05) is 23.2 Å². The third-order valence-electron chi connectivity index (χ3n) is 3.14. The average molecular weight is 358 g/mol. The predicted octanol–water partition coefficient (Wildman–Crippen LogP) is 3.83. The zero-order valence-electron chi connectivity index (χ0n) is 12.1. The van der Waals surface area contributed by atoms with Crippen molar-refractivity contribution in [2.24, 2.45) is 5.92 Å². The number of benzene rings is 2. The molecule has 118 valence electrons. The summed E-state index contributed by atoms with van der Waals surface area (Å²) in [5.41, 5.74) is 0.746. The number of carbonyl (C=O) groups excluding carboxylic acids is 2. The number of amides is 1. The second kappa shape index (κ2) is 7.61. The second-order valence-electron chi connectivity index (χ2n) is 4.73. The van der Waals surface area contributed by atoms with E-state index < -0.39 is 17.6 Å². The fourth-order valence-corrected chi connectivity index (χ4v) is 2.26. The van der Waals surface area contributed by atoms with E-state index in [1.165, 1.54) is 42.5 Å². The average Bonchev–Trinajstić information content (AvgIpc) is 2.56. The van der Waals surface area contributed by atoms with Gasteiger partial charge in [-0.05, 0) is 42.5 Å². The molecule has 5 nitrogen and oxygen atoms in total. The van der Waals surface area contributed by atoms with Crippen molar-refractivity contribution in [2.45, 2.75) is 0 Å². The van der Waals surface area contributed by atoms with E-state index in [0.29, 0.717) is 5.02 Å². The van der Waals surface area contributed by atoms with Gasteiger partial charge in [-0.15, -0.1) is 0 Å². The topological polar surface area (TPSA) is 93.8 Å². The standard InChI is InChI=1S/C17H9Cl2N3O2/c18-12-4-1-10(2-5-12)16(23)14(9-21)17(24)22-13-6-3-11(8-20)15(19)7-13/h1-7,14H,(H,22,24). The van der Waals surface area contributed by atoms with Gasteiger partial charge in [-0.25, -0.2) is 0 Å². The van der Waals surface area contributed by atoms with Crippen LogP contribution in [0.25, 0.3) is 0 Å². The lowest BCUT2D eigenvalue weighted by molar-refractivity contribution is -0.117. The fraction of sp³-hybridized carbons (Fsp3) is 0.0588. The summed E-state index contributed by atoms with van der Waals surface area (Å²) in [7, 11) is 0.